The molecule has 0 amide bonds. The Balaban J connectivity index is 2.21. The van der Waals surface area contributed by atoms with E-state index in [0.717, 1.165) is 18.7 Å². The van der Waals surface area contributed by atoms with Crippen LogP contribution >= 0.6 is 11.6 Å². The Hall–Kier alpha value is -0.680. The normalized spacial score (nSPS) is 23.0. The minimum atomic E-state index is -0.324. The van der Waals surface area contributed by atoms with Gasteiger partial charge in [-0.05, 0) is 24.6 Å². The molecule has 3 nitrogen and oxygen atoms in total. The third kappa shape index (κ3) is 3.01. The predicted octanol–water partition coefficient (Wildman–Crippen LogP) is 2.20. The fraction of sp³-hybridized carbons (Fsp3) is 0.538. The Morgan fingerprint density at radius 2 is 2.39 bits per heavy atom. The van der Waals surface area contributed by atoms with Gasteiger partial charge in [0, 0.05) is 30.7 Å². The van der Waals surface area contributed by atoms with Crippen molar-refractivity contribution in [1.29, 1.82) is 0 Å². The van der Waals surface area contributed by atoms with Crippen molar-refractivity contribution < 1.29 is 9.13 Å². The summed E-state index contributed by atoms with van der Waals surface area (Å²) in [6, 6.07) is 4.50. The van der Waals surface area contributed by atoms with Crippen molar-refractivity contribution in [3.05, 3.63) is 34.6 Å². The van der Waals surface area contributed by atoms with Gasteiger partial charge in [-0.15, -0.1) is 0 Å². The molecule has 1 aliphatic rings. The maximum absolute atomic E-state index is 13.1. The van der Waals surface area contributed by atoms with Crippen LogP contribution in [0.4, 0.5) is 4.39 Å². The van der Waals surface area contributed by atoms with E-state index in [4.69, 9.17) is 22.1 Å². The number of hydrogen-bond donors (Lipinski definition) is 1. The van der Waals surface area contributed by atoms with Crippen LogP contribution in [0.1, 0.15) is 18.5 Å². The fourth-order valence-electron chi connectivity index (χ4n) is 2.37. The standard InChI is InChI=1S/C13H18ClFN2O/c1-9-8-17(4-5-18-9)13(7-16)11-3-2-10(15)6-12(11)14/h2-3,6,9,13H,4-5,7-8,16H2,1H3. The monoisotopic (exact) mass is 272 g/mol. The van der Waals surface area contributed by atoms with E-state index in [-0.39, 0.29) is 18.0 Å². The summed E-state index contributed by atoms with van der Waals surface area (Å²) in [6.07, 6.45) is 0.187. The fourth-order valence-corrected chi connectivity index (χ4v) is 2.67. The Morgan fingerprint density at radius 1 is 1.61 bits per heavy atom. The first kappa shape index (κ1) is 13.7. The molecule has 2 unspecified atom stereocenters. The lowest BCUT2D eigenvalue weighted by Crippen LogP contribution is -2.45. The number of hydrogen-bond acceptors (Lipinski definition) is 3. The summed E-state index contributed by atoms with van der Waals surface area (Å²) >= 11 is 6.11. The Labute approximate surface area is 112 Å². The molecule has 5 heteroatoms. The largest absolute Gasteiger partial charge is 0.376 e. The number of nitrogens with zero attached hydrogens (tertiary/aromatic N) is 1. The summed E-state index contributed by atoms with van der Waals surface area (Å²) in [5, 5.41) is 0.435. The number of rotatable bonds is 3. The topological polar surface area (TPSA) is 38.5 Å². The maximum Gasteiger partial charge on any atom is 0.124 e. The van der Waals surface area contributed by atoms with Gasteiger partial charge in [-0.1, -0.05) is 17.7 Å². The van der Waals surface area contributed by atoms with Crippen LogP contribution in [0.2, 0.25) is 5.02 Å². The van der Waals surface area contributed by atoms with Crippen LogP contribution < -0.4 is 5.73 Å². The molecule has 100 valence electrons. The zero-order chi connectivity index (χ0) is 13.1. The molecular formula is C13H18ClFN2O. The molecule has 1 aliphatic heterocycles. The van der Waals surface area contributed by atoms with Crippen molar-refractivity contribution in [2.24, 2.45) is 5.73 Å². The highest BCUT2D eigenvalue weighted by Gasteiger charge is 2.26. The van der Waals surface area contributed by atoms with Crippen molar-refractivity contribution >= 4 is 11.6 Å². The van der Waals surface area contributed by atoms with Gasteiger partial charge < -0.3 is 10.5 Å². The van der Waals surface area contributed by atoms with Gasteiger partial charge in [-0.3, -0.25) is 4.90 Å². The molecule has 1 fully saturated rings. The molecule has 1 heterocycles. The van der Waals surface area contributed by atoms with Gasteiger partial charge in [0.2, 0.25) is 0 Å². The van der Waals surface area contributed by atoms with Crippen LogP contribution in [0.3, 0.4) is 0 Å². The SMILES string of the molecule is CC1CN(C(CN)c2ccc(F)cc2Cl)CCO1. The number of morpholine rings is 1. The van der Waals surface area contributed by atoms with Crippen molar-refractivity contribution in [3.8, 4) is 0 Å². The van der Waals surface area contributed by atoms with Crippen LogP contribution in [0, 0.1) is 5.82 Å². The molecule has 18 heavy (non-hydrogen) atoms. The number of ether oxygens (including phenoxy) is 1. The van der Waals surface area contributed by atoms with E-state index in [9.17, 15) is 4.39 Å². The summed E-state index contributed by atoms with van der Waals surface area (Å²) in [6.45, 7) is 4.82. The average Bonchev–Trinajstić information content (AvgIpc) is 2.33. The van der Waals surface area contributed by atoms with E-state index in [0.29, 0.717) is 18.2 Å². The molecule has 0 saturated carbocycles. The van der Waals surface area contributed by atoms with Gasteiger partial charge in [0.1, 0.15) is 5.82 Å². The number of nitrogens with two attached hydrogens (primary N) is 1. The molecule has 0 aliphatic carbocycles. The lowest BCUT2D eigenvalue weighted by molar-refractivity contribution is -0.0333. The zero-order valence-electron chi connectivity index (χ0n) is 10.4. The second-order valence-corrected chi connectivity index (χ2v) is 5.00. The minimum absolute atomic E-state index is 0.0180. The highest BCUT2D eigenvalue weighted by Crippen LogP contribution is 2.28. The average molecular weight is 273 g/mol. The summed E-state index contributed by atoms with van der Waals surface area (Å²) < 4.78 is 18.6. The number of benzene rings is 1. The second kappa shape index (κ2) is 5.97. The van der Waals surface area contributed by atoms with E-state index in [2.05, 4.69) is 4.90 Å². The molecule has 0 bridgehead atoms. The van der Waals surface area contributed by atoms with E-state index in [1.807, 2.05) is 6.92 Å². The minimum Gasteiger partial charge on any atom is -0.376 e. The van der Waals surface area contributed by atoms with E-state index in [1.165, 1.54) is 12.1 Å². The summed E-state index contributed by atoms with van der Waals surface area (Å²) in [5.74, 6) is -0.324. The molecule has 2 rings (SSSR count). The van der Waals surface area contributed by atoms with Gasteiger partial charge in [0.15, 0.2) is 0 Å². The van der Waals surface area contributed by atoms with Crippen LogP contribution in [0.15, 0.2) is 18.2 Å². The quantitative estimate of drug-likeness (QED) is 0.917. The lowest BCUT2D eigenvalue weighted by Gasteiger charge is -2.37. The highest BCUT2D eigenvalue weighted by molar-refractivity contribution is 6.31. The van der Waals surface area contributed by atoms with Crippen molar-refractivity contribution in [3.63, 3.8) is 0 Å². The second-order valence-electron chi connectivity index (χ2n) is 4.59. The molecule has 1 aromatic carbocycles. The Morgan fingerprint density at radius 3 is 3.00 bits per heavy atom. The predicted molar refractivity (Wildman–Crippen MR) is 70.2 cm³/mol. The van der Waals surface area contributed by atoms with Crippen molar-refractivity contribution in [2.45, 2.75) is 19.1 Å². The molecule has 2 atom stereocenters. The number of halogens is 2. The smallest absolute Gasteiger partial charge is 0.124 e. The van der Waals surface area contributed by atoms with Crippen LogP contribution in [0.25, 0.3) is 0 Å². The maximum atomic E-state index is 13.1. The van der Waals surface area contributed by atoms with Gasteiger partial charge in [0.05, 0.1) is 12.7 Å². The first-order valence-corrected chi connectivity index (χ1v) is 6.50. The summed E-state index contributed by atoms with van der Waals surface area (Å²) in [5.41, 5.74) is 6.74. The van der Waals surface area contributed by atoms with Gasteiger partial charge in [-0.2, -0.15) is 0 Å². The highest BCUT2D eigenvalue weighted by atomic mass is 35.5. The van der Waals surface area contributed by atoms with E-state index < -0.39 is 0 Å². The van der Waals surface area contributed by atoms with Crippen LogP contribution in [-0.4, -0.2) is 37.2 Å². The third-order valence-electron chi connectivity index (χ3n) is 3.26. The van der Waals surface area contributed by atoms with Crippen molar-refractivity contribution in [2.75, 3.05) is 26.2 Å². The first-order chi connectivity index (χ1) is 8.61. The molecule has 2 N–H and O–H groups in total. The van der Waals surface area contributed by atoms with Gasteiger partial charge in [0.25, 0.3) is 0 Å². The molecule has 0 radical (unpaired) electrons. The van der Waals surface area contributed by atoms with Crippen LogP contribution in [0.5, 0.6) is 0 Å². The molecule has 1 saturated heterocycles. The summed E-state index contributed by atoms with van der Waals surface area (Å²) in [4.78, 5) is 2.24. The van der Waals surface area contributed by atoms with Gasteiger partial charge >= 0.3 is 0 Å². The summed E-state index contributed by atoms with van der Waals surface area (Å²) in [7, 11) is 0. The van der Waals surface area contributed by atoms with E-state index in [1.54, 1.807) is 6.07 Å². The molecule has 0 spiro atoms. The Kier molecular flexibility index (Phi) is 4.56. The van der Waals surface area contributed by atoms with Crippen LogP contribution in [-0.2, 0) is 4.74 Å². The first-order valence-electron chi connectivity index (χ1n) is 6.12. The molecule has 0 aromatic heterocycles. The van der Waals surface area contributed by atoms with Crippen molar-refractivity contribution in [1.82, 2.24) is 4.90 Å². The zero-order valence-corrected chi connectivity index (χ0v) is 11.2. The van der Waals surface area contributed by atoms with E-state index >= 15 is 0 Å². The third-order valence-corrected chi connectivity index (χ3v) is 3.59. The lowest BCUT2D eigenvalue weighted by atomic mass is 10.0. The molecular weight excluding hydrogens is 255 g/mol. The van der Waals surface area contributed by atoms with Gasteiger partial charge in [-0.25, -0.2) is 4.39 Å². The molecule has 1 aromatic rings. The Bertz CT molecular complexity index is 416.